The van der Waals surface area contributed by atoms with Crippen LogP contribution in [0, 0.1) is 6.92 Å². The van der Waals surface area contributed by atoms with Gasteiger partial charge < -0.3 is 9.84 Å². The highest BCUT2D eigenvalue weighted by molar-refractivity contribution is 5.87. The second-order valence-corrected chi connectivity index (χ2v) is 2.90. The van der Waals surface area contributed by atoms with Crippen molar-refractivity contribution in [1.29, 1.82) is 0 Å². The van der Waals surface area contributed by atoms with Crippen molar-refractivity contribution in [2.75, 3.05) is 7.11 Å². The SMILES string of the molecule is COC(=O)/C=C/c1ccc(O)cc1C. The molecule has 1 N–H and O–H groups in total. The Labute approximate surface area is 82.6 Å². The summed E-state index contributed by atoms with van der Waals surface area (Å²) in [5, 5.41) is 9.15. The van der Waals surface area contributed by atoms with Crippen LogP contribution in [0.15, 0.2) is 24.3 Å². The van der Waals surface area contributed by atoms with Gasteiger partial charge in [0.1, 0.15) is 5.75 Å². The van der Waals surface area contributed by atoms with Crippen LogP contribution in [0.5, 0.6) is 5.75 Å². The van der Waals surface area contributed by atoms with E-state index in [-0.39, 0.29) is 5.75 Å². The minimum Gasteiger partial charge on any atom is -0.508 e. The molecule has 0 saturated heterocycles. The van der Waals surface area contributed by atoms with Gasteiger partial charge in [-0.25, -0.2) is 4.79 Å². The lowest BCUT2D eigenvalue weighted by molar-refractivity contribution is -0.134. The Morgan fingerprint density at radius 2 is 2.21 bits per heavy atom. The molecule has 0 unspecified atom stereocenters. The van der Waals surface area contributed by atoms with Gasteiger partial charge in [-0.3, -0.25) is 0 Å². The molecular formula is C11H12O3. The van der Waals surface area contributed by atoms with Gasteiger partial charge in [0.15, 0.2) is 0 Å². The van der Waals surface area contributed by atoms with Gasteiger partial charge in [0.2, 0.25) is 0 Å². The van der Waals surface area contributed by atoms with E-state index in [0.29, 0.717) is 0 Å². The number of hydrogen-bond acceptors (Lipinski definition) is 3. The van der Waals surface area contributed by atoms with Crippen LogP contribution in [0.2, 0.25) is 0 Å². The Morgan fingerprint density at radius 1 is 1.50 bits per heavy atom. The van der Waals surface area contributed by atoms with E-state index in [1.807, 2.05) is 6.92 Å². The number of aromatic hydroxyl groups is 1. The summed E-state index contributed by atoms with van der Waals surface area (Å²) in [4.78, 5) is 10.8. The monoisotopic (exact) mass is 192 g/mol. The van der Waals surface area contributed by atoms with Crippen molar-refractivity contribution in [1.82, 2.24) is 0 Å². The van der Waals surface area contributed by atoms with E-state index in [1.165, 1.54) is 13.2 Å². The Kier molecular flexibility index (Phi) is 3.29. The quantitative estimate of drug-likeness (QED) is 0.575. The van der Waals surface area contributed by atoms with Crippen LogP contribution in [-0.4, -0.2) is 18.2 Å². The molecule has 0 radical (unpaired) electrons. The maximum atomic E-state index is 10.8. The summed E-state index contributed by atoms with van der Waals surface area (Å²) in [6.07, 6.45) is 3.00. The van der Waals surface area contributed by atoms with Crippen LogP contribution in [0.3, 0.4) is 0 Å². The van der Waals surface area contributed by atoms with Crippen molar-refractivity contribution in [3.63, 3.8) is 0 Å². The van der Waals surface area contributed by atoms with Crippen LogP contribution in [0.25, 0.3) is 6.08 Å². The average molecular weight is 192 g/mol. The number of aryl methyl sites for hydroxylation is 1. The van der Waals surface area contributed by atoms with Crippen LogP contribution in [0.4, 0.5) is 0 Å². The average Bonchev–Trinajstić information content (AvgIpc) is 2.16. The smallest absolute Gasteiger partial charge is 0.330 e. The summed E-state index contributed by atoms with van der Waals surface area (Å²) in [6, 6.07) is 4.95. The molecule has 0 amide bonds. The van der Waals surface area contributed by atoms with Gasteiger partial charge >= 0.3 is 5.97 Å². The Bertz CT molecular complexity index is 367. The fourth-order valence-corrected chi connectivity index (χ4v) is 1.07. The van der Waals surface area contributed by atoms with Crippen LogP contribution in [-0.2, 0) is 9.53 Å². The zero-order valence-electron chi connectivity index (χ0n) is 8.15. The first-order valence-corrected chi connectivity index (χ1v) is 4.19. The van der Waals surface area contributed by atoms with E-state index in [1.54, 1.807) is 24.3 Å². The van der Waals surface area contributed by atoms with Crippen molar-refractivity contribution >= 4 is 12.0 Å². The molecule has 74 valence electrons. The third-order valence-electron chi connectivity index (χ3n) is 1.85. The first-order valence-electron chi connectivity index (χ1n) is 4.19. The number of esters is 1. The predicted molar refractivity (Wildman–Crippen MR) is 53.9 cm³/mol. The van der Waals surface area contributed by atoms with Gasteiger partial charge in [0.25, 0.3) is 0 Å². The van der Waals surface area contributed by atoms with Crippen molar-refractivity contribution in [2.45, 2.75) is 6.92 Å². The lowest BCUT2D eigenvalue weighted by Gasteiger charge is -2.00. The third-order valence-corrected chi connectivity index (χ3v) is 1.85. The van der Waals surface area contributed by atoms with Crippen LogP contribution < -0.4 is 0 Å². The molecule has 0 aliphatic rings. The first-order chi connectivity index (χ1) is 6.63. The van der Waals surface area contributed by atoms with Gasteiger partial charge in [-0.05, 0) is 36.3 Å². The Morgan fingerprint density at radius 3 is 2.79 bits per heavy atom. The van der Waals surface area contributed by atoms with Crippen LogP contribution >= 0.6 is 0 Å². The van der Waals surface area contributed by atoms with Crippen molar-refractivity contribution in [3.05, 3.63) is 35.4 Å². The molecule has 3 nitrogen and oxygen atoms in total. The van der Waals surface area contributed by atoms with E-state index in [9.17, 15) is 4.79 Å². The van der Waals surface area contributed by atoms with E-state index >= 15 is 0 Å². The molecule has 0 aliphatic heterocycles. The largest absolute Gasteiger partial charge is 0.508 e. The number of phenolic OH excluding ortho intramolecular Hbond substituents is 1. The minimum atomic E-state index is -0.391. The third kappa shape index (κ3) is 2.62. The summed E-state index contributed by atoms with van der Waals surface area (Å²) in [5.74, 6) is -0.171. The summed E-state index contributed by atoms with van der Waals surface area (Å²) in [6.45, 7) is 1.86. The Hall–Kier alpha value is -1.77. The predicted octanol–water partition coefficient (Wildman–Crippen LogP) is 1.89. The number of methoxy groups -OCH3 is 1. The first kappa shape index (κ1) is 10.3. The molecule has 0 aromatic heterocycles. The molecule has 0 bridgehead atoms. The maximum Gasteiger partial charge on any atom is 0.330 e. The lowest BCUT2D eigenvalue weighted by Crippen LogP contribution is -1.93. The number of hydrogen-bond donors (Lipinski definition) is 1. The van der Waals surface area contributed by atoms with E-state index < -0.39 is 5.97 Å². The molecule has 0 saturated carbocycles. The molecule has 3 heteroatoms. The fraction of sp³-hybridized carbons (Fsp3) is 0.182. The van der Waals surface area contributed by atoms with E-state index in [4.69, 9.17) is 5.11 Å². The number of benzene rings is 1. The van der Waals surface area contributed by atoms with Crippen molar-refractivity contribution in [3.8, 4) is 5.75 Å². The fourth-order valence-electron chi connectivity index (χ4n) is 1.07. The number of phenols is 1. The zero-order chi connectivity index (χ0) is 10.6. The summed E-state index contributed by atoms with van der Waals surface area (Å²) < 4.78 is 4.46. The molecule has 1 aromatic carbocycles. The maximum absolute atomic E-state index is 10.8. The molecular weight excluding hydrogens is 180 g/mol. The normalized spacial score (nSPS) is 10.4. The lowest BCUT2D eigenvalue weighted by atomic mass is 10.1. The second kappa shape index (κ2) is 4.46. The number of rotatable bonds is 2. The molecule has 0 atom stereocenters. The molecule has 14 heavy (non-hydrogen) atoms. The topological polar surface area (TPSA) is 46.5 Å². The molecule has 1 aromatic rings. The van der Waals surface area contributed by atoms with Crippen LogP contribution in [0.1, 0.15) is 11.1 Å². The van der Waals surface area contributed by atoms with Gasteiger partial charge in [0.05, 0.1) is 7.11 Å². The van der Waals surface area contributed by atoms with E-state index in [2.05, 4.69) is 4.74 Å². The highest BCUT2D eigenvalue weighted by Gasteiger charge is 1.97. The zero-order valence-corrected chi connectivity index (χ0v) is 8.15. The van der Waals surface area contributed by atoms with Crippen molar-refractivity contribution < 1.29 is 14.6 Å². The summed E-state index contributed by atoms with van der Waals surface area (Å²) >= 11 is 0. The highest BCUT2D eigenvalue weighted by Crippen LogP contribution is 2.16. The van der Waals surface area contributed by atoms with E-state index in [0.717, 1.165) is 11.1 Å². The Balaban J connectivity index is 2.87. The number of carbonyl (C=O) groups excluding carboxylic acids is 1. The molecule has 0 fully saturated rings. The van der Waals surface area contributed by atoms with Gasteiger partial charge in [-0.1, -0.05) is 6.07 Å². The van der Waals surface area contributed by atoms with Crippen molar-refractivity contribution in [2.24, 2.45) is 0 Å². The summed E-state index contributed by atoms with van der Waals surface area (Å²) in [5.41, 5.74) is 1.79. The highest BCUT2D eigenvalue weighted by atomic mass is 16.5. The molecule has 1 rings (SSSR count). The van der Waals surface area contributed by atoms with Gasteiger partial charge in [0, 0.05) is 6.08 Å². The number of ether oxygens (including phenoxy) is 1. The molecule has 0 heterocycles. The van der Waals surface area contributed by atoms with Gasteiger partial charge in [-0.15, -0.1) is 0 Å². The molecule has 0 aliphatic carbocycles. The standard InChI is InChI=1S/C11H12O3/c1-8-7-10(12)5-3-9(8)4-6-11(13)14-2/h3-7,12H,1-2H3/b6-4+. The van der Waals surface area contributed by atoms with Gasteiger partial charge in [-0.2, -0.15) is 0 Å². The second-order valence-electron chi connectivity index (χ2n) is 2.90. The number of carbonyl (C=O) groups is 1. The summed E-state index contributed by atoms with van der Waals surface area (Å²) in [7, 11) is 1.33. The molecule has 0 spiro atoms. The minimum absolute atomic E-state index is 0.220.